The van der Waals surface area contributed by atoms with Crippen LogP contribution in [0.5, 0.6) is 5.75 Å². The van der Waals surface area contributed by atoms with E-state index in [1.165, 1.54) is 0 Å². The van der Waals surface area contributed by atoms with E-state index in [1.54, 1.807) is 7.11 Å². The number of nitrogen functional groups attached to an aromatic ring is 1. The lowest BCUT2D eigenvalue weighted by Gasteiger charge is -2.26. The molecule has 1 aromatic carbocycles. The second-order valence-corrected chi connectivity index (χ2v) is 4.64. The Morgan fingerprint density at radius 2 is 2.06 bits per heavy atom. The van der Waals surface area contributed by atoms with Crippen molar-refractivity contribution in [1.29, 1.82) is 0 Å². The lowest BCUT2D eigenvalue weighted by molar-refractivity contribution is 0.210. The Bertz CT molecular complexity index is 350. The highest BCUT2D eigenvalue weighted by molar-refractivity contribution is 5.47. The van der Waals surface area contributed by atoms with E-state index in [0.29, 0.717) is 6.04 Å². The molecule has 0 aliphatic rings. The van der Waals surface area contributed by atoms with Gasteiger partial charge in [0.15, 0.2) is 0 Å². The Morgan fingerprint density at radius 3 is 2.59 bits per heavy atom. The molecule has 0 spiro atoms. The van der Waals surface area contributed by atoms with E-state index in [-0.39, 0.29) is 0 Å². The molecule has 0 amide bonds. The molecule has 1 aromatic rings. The highest BCUT2D eigenvalue weighted by Crippen LogP contribution is 2.23. The van der Waals surface area contributed by atoms with E-state index >= 15 is 0 Å². The van der Waals surface area contributed by atoms with Crippen LogP contribution in [0.25, 0.3) is 0 Å². The number of hydrogen-bond acceptors (Lipinski definition) is 3. The normalized spacial score (nSPS) is 11.2. The quantitative estimate of drug-likeness (QED) is 0.772. The molecule has 0 aliphatic carbocycles. The van der Waals surface area contributed by atoms with Crippen LogP contribution in [0.1, 0.15) is 32.8 Å². The molecule has 0 bridgehead atoms. The first-order valence-corrected chi connectivity index (χ1v) is 6.25. The first-order valence-electron chi connectivity index (χ1n) is 6.25. The fourth-order valence-electron chi connectivity index (χ4n) is 1.95. The molecule has 0 saturated carbocycles. The molecule has 0 unspecified atom stereocenters. The zero-order valence-corrected chi connectivity index (χ0v) is 11.4. The average Bonchev–Trinajstić information content (AvgIpc) is 2.28. The standard InChI is InChI=1S/C14H24N2O/c1-5-8-16(11(2)3)10-12-9-13(15)6-7-14(12)17-4/h6-7,9,11H,5,8,10,15H2,1-4H3. The lowest BCUT2D eigenvalue weighted by atomic mass is 10.1. The van der Waals surface area contributed by atoms with Crippen molar-refractivity contribution >= 4 is 5.69 Å². The topological polar surface area (TPSA) is 38.5 Å². The fourth-order valence-corrected chi connectivity index (χ4v) is 1.95. The van der Waals surface area contributed by atoms with Gasteiger partial charge in [-0.1, -0.05) is 6.92 Å². The Morgan fingerprint density at radius 1 is 1.35 bits per heavy atom. The van der Waals surface area contributed by atoms with Gasteiger partial charge in [-0.05, 0) is 45.0 Å². The SMILES string of the molecule is CCCN(Cc1cc(N)ccc1OC)C(C)C. The molecule has 3 nitrogen and oxygen atoms in total. The summed E-state index contributed by atoms with van der Waals surface area (Å²) >= 11 is 0. The van der Waals surface area contributed by atoms with Gasteiger partial charge in [0.2, 0.25) is 0 Å². The second kappa shape index (κ2) is 6.50. The molecule has 0 saturated heterocycles. The molecule has 0 aromatic heterocycles. The number of rotatable bonds is 6. The molecule has 3 heteroatoms. The summed E-state index contributed by atoms with van der Waals surface area (Å²) in [4.78, 5) is 2.43. The van der Waals surface area contributed by atoms with Crippen LogP contribution in [0, 0.1) is 0 Å². The molecular formula is C14H24N2O. The fraction of sp³-hybridized carbons (Fsp3) is 0.571. The predicted octanol–water partition coefficient (Wildman–Crippen LogP) is 2.90. The van der Waals surface area contributed by atoms with Gasteiger partial charge in [-0.3, -0.25) is 4.90 Å². The number of anilines is 1. The molecule has 0 aliphatic heterocycles. The summed E-state index contributed by atoms with van der Waals surface area (Å²) in [5.74, 6) is 0.918. The Hall–Kier alpha value is -1.22. The zero-order chi connectivity index (χ0) is 12.8. The first kappa shape index (κ1) is 13.8. The van der Waals surface area contributed by atoms with E-state index in [0.717, 1.165) is 36.5 Å². The van der Waals surface area contributed by atoms with Crippen molar-refractivity contribution in [2.45, 2.75) is 39.8 Å². The zero-order valence-electron chi connectivity index (χ0n) is 11.4. The summed E-state index contributed by atoms with van der Waals surface area (Å²) < 4.78 is 5.38. The van der Waals surface area contributed by atoms with Gasteiger partial charge in [0, 0.05) is 23.8 Å². The number of hydrogen-bond donors (Lipinski definition) is 1. The number of methoxy groups -OCH3 is 1. The van der Waals surface area contributed by atoms with Crippen molar-refractivity contribution in [2.75, 3.05) is 19.4 Å². The summed E-state index contributed by atoms with van der Waals surface area (Å²) in [6.45, 7) is 8.62. The first-order chi connectivity index (χ1) is 8.08. The van der Waals surface area contributed by atoms with Crippen molar-refractivity contribution in [3.05, 3.63) is 23.8 Å². The molecule has 0 heterocycles. The van der Waals surface area contributed by atoms with Crippen LogP contribution in [0.4, 0.5) is 5.69 Å². The van der Waals surface area contributed by atoms with Gasteiger partial charge in [0.1, 0.15) is 5.75 Å². The van der Waals surface area contributed by atoms with Crippen molar-refractivity contribution in [2.24, 2.45) is 0 Å². The third-order valence-electron chi connectivity index (χ3n) is 2.92. The Kier molecular flexibility index (Phi) is 5.29. The molecule has 0 radical (unpaired) electrons. The molecule has 17 heavy (non-hydrogen) atoms. The van der Waals surface area contributed by atoms with Crippen LogP contribution in [-0.2, 0) is 6.54 Å². The summed E-state index contributed by atoms with van der Waals surface area (Å²) in [5, 5.41) is 0. The van der Waals surface area contributed by atoms with Gasteiger partial charge in [-0.2, -0.15) is 0 Å². The van der Waals surface area contributed by atoms with E-state index in [4.69, 9.17) is 10.5 Å². The highest BCUT2D eigenvalue weighted by atomic mass is 16.5. The van der Waals surface area contributed by atoms with Gasteiger partial charge in [0.05, 0.1) is 7.11 Å². The number of ether oxygens (including phenoxy) is 1. The van der Waals surface area contributed by atoms with Crippen LogP contribution >= 0.6 is 0 Å². The van der Waals surface area contributed by atoms with E-state index in [9.17, 15) is 0 Å². The minimum absolute atomic E-state index is 0.529. The van der Waals surface area contributed by atoms with E-state index in [1.807, 2.05) is 18.2 Å². The maximum absolute atomic E-state index is 5.83. The highest BCUT2D eigenvalue weighted by Gasteiger charge is 2.12. The maximum Gasteiger partial charge on any atom is 0.123 e. The molecule has 0 fully saturated rings. The molecular weight excluding hydrogens is 212 g/mol. The average molecular weight is 236 g/mol. The van der Waals surface area contributed by atoms with Gasteiger partial charge in [-0.25, -0.2) is 0 Å². The van der Waals surface area contributed by atoms with Crippen LogP contribution < -0.4 is 10.5 Å². The second-order valence-electron chi connectivity index (χ2n) is 4.64. The number of benzene rings is 1. The third-order valence-corrected chi connectivity index (χ3v) is 2.92. The van der Waals surface area contributed by atoms with Crippen molar-refractivity contribution in [3.8, 4) is 5.75 Å². The largest absolute Gasteiger partial charge is 0.496 e. The minimum atomic E-state index is 0.529. The van der Waals surface area contributed by atoms with Crippen LogP contribution in [-0.4, -0.2) is 24.6 Å². The summed E-state index contributed by atoms with van der Waals surface area (Å²) in [5.41, 5.74) is 7.79. The monoisotopic (exact) mass is 236 g/mol. The summed E-state index contributed by atoms with van der Waals surface area (Å²) in [6.07, 6.45) is 1.16. The van der Waals surface area contributed by atoms with Gasteiger partial charge < -0.3 is 10.5 Å². The summed E-state index contributed by atoms with van der Waals surface area (Å²) in [7, 11) is 1.70. The summed E-state index contributed by atoms with van der Waals surface area (Å²) in [6, 6.07) is 6.35. The number of nitrogens with zero attached hydrogens (tertiary/aromatic N) is 1. The predicted molar refractivity (Wildman–Crippen MR) is 73.2 cm³/mol. The lowest BCUT2D eigenvalue weighted by Crippen LogP contribution is -2.31. The molecule has 96 valence electrons. The molecule has 0 atom stereocenters. The van der Waals surface area contributed by atoms with E-state index in [2.05, 4.69) is 25.7 Å². The van der Waals surface area contributed by atoms with E-state index < -0.39 is 0 Å². The Labute approximate surface area is 105 Å². The van der Waals surface area contributed by atoms with Gasteiger partial charge in [0.25, 0.3) is 0 Å². The molecule has 2 N–H and O–H groups in total. The minimum Gasteiger partial charge on any atom is -0.496 e. The van der Waals surface area contributed by atoms with Crippen LogP contribution in [0.3, 0.4) is 0 Å². The van der Waals surface area contributed by atoms with Crippen molar-refractivity contribution in [3.63, 3.8) is 0 Å². The smallest absolute Gasteiger partial charge is 0.123 e. The van der Waals surface area contributed by atoms with Crippen molar-refractivity contribution in [1.82, 2.24) is 4.90 Å². The maximum atomic E-state index is 5.83. The third kappa shape index (κ3) is 3.93. The molecule has 1 rings (SSSR count). The van der Waals surface area contributed by atoms with Crippen LogP contribution in [0.2, 0.25) is 0 Å². The van der Waals surface area contributed by atoms with Crippen molar-refractivity contribution < 1.29 is 4.74 Å². The number of nitrogens with two attached hydrogens (primary N) is 1. The Balaban J connectivity index is 2.87. The van der Waals surface area contributed by atoms with Gasteiger partial charge >= 0.3 is 0 Å². The van der Waals surface area contributed by atoms with Gasteiger partial charge in [-0.15, -0.1) is 0 Å². The van der Waals surface area contributed by atoms with Crippen LogP contribution in [0.15, 0.2) is 18.2 Å².